The molecule has 0 aromatic heterocycles. The van der Waals surface area contributed by atoms with E-state index in [-0.39, 0.29) is 0 Å². The molecule has 0 aromatic rings. The topological polar surface area (TPSA) is 0 Å². The van der Waals surface area contributed by atoms with Gasteiger partial charge in [0.05, 0.1) is 0 Å². The van der Waals surface area contributed by atoms with Crippen molar-refractivity contribution in [3.05, 3.63) is 12.2 Å². The Bertz CT molecular complexity index is 181. The molecule has 0 aromatic carbocycles. The maximum atomic E-state index is 6.11. The summed E-state index contributed by atoms with van der Waals surface area (Å²) in [5, 5.41) is 0. The van der Waals surface area contributed by atoms with Crippen molar-refractivity contribution in [3.63, 3.8) is 0 Å². The molecule has 2 aliphatic carbocycles. The first kappa shape index (κ1) is 8.62. The Hall–Kier alpha value is 0.0300. The van der Waals surface area contributed by atoms with E-state index >= 15 is 0 Å². The summed E-state index contributed by atoms with van der Waals surface area (Å²) in [6, 6.07) is 0. The number of hydrogen-bond donors (Lipinski definition) is 0. The van der Waals surface area contributed by atoms with Crippen LogP contribution in [0.5, 0.6) is 0 Å². The van der Waals surface area contributed by atoms with Crippen molar-refractivity contribution in [2.45, 2.75) is 38.5 Å². The predicted molar refractivity (Wildman–Crippen MR) is 53.5 cm³/mol. The molecule has 0 nitrogen and oxygen atoms in total. The summed E-state index contributed by atoms with van der Waals surface area (Å²) >= 11 is 6.11. The van der Waals surface area contributed by atoms with Gasteiger partial charge < -0.3 is 0 Å². The van der Waals surface area contributed by atoms with Crippen molar-refractivity contribution < 1.29 is 0 Å². The Kier molecular flexibility index (Phi) is 2.45. The molecule has 2 aliphatic rings. The van der Waals surface area contributed by atoms with Crippen molar-refractivity contribution in [2.24, 2.45) is 11.3 Å². The zero-order valence-electron chi connectivity index (χ0n) is 7.56. The number of allylic oxidation sites excluding steroid dienone is 2. The molecule has 0 amide bonds. The SMILES string of the molecule is ClCC1(C2CCC2)CC=CCC1. The van der Waals surface area contributed by atoms with Crippen LogP contribution in [0, 0.1) is 11.3 Å². The van der Waals surface area contributed by atoms with Gasteiger partial charge in [-0.3, -0.25) is 0 Å². The molecule has 1 saturated carbocycles. The van der Waals surface area contributed by atoms with E-state index in [1.807, 2.05) is 0 Å². The summed E-state index contributed by atoms with van der Waals surface area (Å²) in [7, 11) is 0. The summed E-state index contributed by atoms with van der Waals surface area (Å²) in [5.74, 6) is 1.82. The third kappa shape index (κ3) is 1.31. The van der Waals surface area contributed by atoms with Gasteiger partial charge in [0.15, 0.2) is 0 Å². The van der Waals surface area contributed by atoms with Crippen LogP contribution in [0.2, 0.25) is 0 Å². The first-order valence-electron chi connectivity index (χ1n) is 5.08. The molecular formula is C11H17Cl. The Morgan fingerprint density at radius 3 is 2.58 bits per heavy atom. The van der Waals surface area contributed by atoms with E-state index in [0.29, 0.717) is 5.41 Å². The minimum atomic E-state index is 0.495. The lowest BCUT2D eigenvalue weighted by molar-refractivity contribution is 0.0943. The zero-order valence-corrected chi connectivity index (χ0v) is 8.32. The first-order chi connectivity index (χ1) is 5.87. The Morgan fingerprint density at radius 1 is 1.33 bits per heavy atom. The van der Waals surface area contributed by atoms with Gasteiger partial charge in [0, 0.05) is 5.88 Å². The number of halogens is 1. The van der Waals surface area contributed by atoms with Crippen LogP contribution in [0.15, 0.2) is 12.2 Å². The monoisotopic (exact) mass is 184 g/mol. The van der Waals surface area contributed by atoms with Gasteiger partial charge in [-0.1, -0.05) is 18.6 Å². The maximum absolute atomic E-state index is 6.11. The van der Waals surface area contributed by atoms with Crippen molar-refractivity contribution in [3.8, 4) is 0 Å². The highest BCUT2D eigenvalue weighted by molar-refractivity contribution is 6.18. The van der Waals surface area contributed by atoms with Gasteiger partial charge in [-0.05, 0) is 43.4 Å². The number of rotatable bonds is 2. The van der Waals surface area contributed by atoms with Gasteiger partial charge in [0.25, 0.3) is 0 Å². The van der Waals surface area contributed by atoms with E-state index in [1.54, 1.807) is 0 Å². The van der Waals surface area contributed by atoms with Crippen LogP contribution in [-0.4, -0.2) is 5.88 Å². The van der Waals surface area contributed by atoms with Crippen LogP contribution in [0.25, 0.3) is 0 Å². The fraction of sp³-hybridized carbons (Fsp3) is 0.818. The van der Waals surface area contributed by atoms with E-state index in [4.69, 9.17) is 11.6 Å². The highest BCUT2D eigenvalue weighted by Crippen LogP contribution is 2.49. The average Bonchev–Trinajstić information content (AvgIpc) is 2.03. The molecule has 0 bridgehead atoms. The van der Waals surface area contributed by atoms with Crippen LogP contribution >= 0.6 is 11.6 Å². The van der Waals surface area contributed by atoms with E-state index in [0.717, 1.165) is 11.8 Å². The lowest BCUT2D eigenvalue weighted by Gasteiger charge is -2.45. The van der Waals surface area contributed by atoms with Crippen LogP contribution in [0.3, 0.4) is 0 Å². The highest BCUT2D eigenvalue weighted by atomic mass is 35.5. The van der Waals surface area contributed by atoms with Crippen molar-refractivity contribution in [2.75, 3.05) is 5.88 Å². The van der Waals surface area contributed by atoms with Crippen LogP contribution in [-0.2, 0) is 0 Å². The third-order valence-corrected chi connectivity index (χ3v) is 4.27. The molecule has 0 N–H and O–H groups in total. The summed E-state index contributed by atoms with van der Waals surface area (Å²) < 4.78 is 0. The second-order valence-electron chi connectivity index (χ2n) is 4.34. The molecule has 0 aliphatic heterocycles. The standard InChI is InChI=1S/C11H17Cl/c12-9-11(10-5-4-6-10)7-2-1-3-8-11/h1-2,10H,3-9H2. The summed E-state index contributed by atoms with van der Waals surface area (Å²) in [5.41, 5.74) is 0.495. The number of hydrogen-bond acceptors (Lipinski definition) is 0. The molecule has 0 heterocycles. The molecule has 2 rings (SSSR count). The van der Waals surface area contributed by atoms with Crippen molar-refractivity contribution >= 4 is 11.6 Å². The van der Waals surface area contributed by atoms with E-state index < -0.39 is 0 Å². The molecule has 0 spiro atoms. The number of alkyl halides is 1. The van der Waals surface area contributed by atoms with Crippen LogP contribution < -0.4 is 0 Å². The lowest BCUT2D eigenvalue weighted by Crippen LogP contribution is -2.37. The first-order valence-corrected chi connectivity index (χ1v) is 5.62. The molecular weight excluding hydrogens is 168 g/mol. The molecule has 0 saturated heterocycles. The normalized spacial score (nSPS) is 36.4. The fourth-order valence-electron chi connectivity index (χ4n) is 2.53. The Balaban J connectivity index is 2.06. The fourth-order valence-corrected chi connectivity index (χ4v) is 2.99. The van der Waals surface area contributed by atoms with E-state index in [2.05, 4.69) is 12.2 Å². The Labute approximate surface area is 80.0 Å². The minimum absolute atomic E-state index is 0.495. The molecule has 1 unspecified atom stereocenters. The van der Waals surface area contributed by atoms with Crippen molar-refractivity contribution in [1.29, 1.82) is 0 Å². The smallest absolute Gasteiger partial charge is 0.0285 e. The molecule has 1 atom stereocenters. The second kappa shape index (κ2) is 3.41. The van der Waals surface area contributed by atoms with Gasteiger partial charge in [-0.25, -0.2) is 0 Å². The van der Waals surface area contributed by atoms with Crippen molar-refractivity contribution in [1.82, 2.24) is 0 Å². The summed E-state index contributed by atoms with van der Waals surface area (Å²) in [4.78, 5) is 0. The van der Waals surface area contributed by atoms with E-state index in [9.17, 15) is 0 Å². The highest BCUT2D eigenvalue weighted by Gasteiger charge is 2.40. The minimum Gasteiger partial charge on any atom is -0.126 e. The van der Waals surface area contributed by atoms with E-state index in [1.165, 1.54) is 38.5 Å². The Morgan fingerprint density at radius 2 is 2.17 bits per heavy atom. The molecule has 1 heteroatoms. The van der Waals surface area contributed by atoms with Gasteiger partial charge >= 0.3 is 0 Å². The summed E-state index contributed by atoms with van der Waals surface area (Å²) in [6.45, 7) is 0. The van der Waals surface area contributed by atoms with Crippen LogP contribution in [0.4, 0.5) is 0 Å². The lowest BCUT2D eigenvalue weighted by atomic mass is 9.61. The van der Waals surface area contributed by atoms with Gasteiger partial charge in [0.1, 0.15) is 0 Å². The van der Waals surface area contributed by atoms with Crippen LogP contribution in [0.1, 0.15) is 38.5 Å². The average molecular weight is 185 g/mol. The molecule has 12 heavy (non-hydrogen) atoms. The second-order valence-corrected chi connectivity index (χ2v) is 4.61. The molecule has 0 radical (unpaired) electrons. The predicted octanol–water partition coefficient (Wildman–Crippen LogP) is 3.75. The molecule has 68 valence electrons. The largest absolute Gasteiger partial charge is 0.126 e. The summed E-state index contributed by atoms with van der Waals surface area (Å²) in [6.07, 6.45) is 12.8. The molecule has 1 fully saturated rings. The van der Waals surface area contributed by atoms with Gasteiger partial charge in [-0.2, -0.15) is 0 Å². The van der Waals surface area contributed by atoms with Gasteiger partial charge in [0.2, 0.25) is 0 Å². The quantitative estimate of drug-likeness (QED) is 0.453. The third-order valence-electron chi connectivity index (χ3n) is 3.74. The van der Waals surface area contributed by atoms with Gasteiger partial charge in [-0.15, -0.1) is 11.6 Å². The maximum Gasteiger partial charge on any atom is 0.0285 e. The zero-order chi connectivity index (χ0) is 8.44.